The van der Waals surface area contributed by atoms with E-state index in [9.17, 15) is 13.2 Å². The molecule has 1 rings (SSSR count). The van der Waals surface area contributed by atoms with Gasteiger partial charge >= 0.3 is 5.97 Å². The van der Waals surface area contributed by atoms with Crippen LogP contribution >= 0.6 is 27.5 Å². The third-order valence-electron chi connectivity index (χ3n) is 1.89. The number of primary sulfonamides is 1. The molecular formula is C10H11BrClNO4S. The van der Waals surface area contributed by atoms with Gasteiger partial charge in [-0.1, -0.05) is 11.6 Å². The SMILES string of the molecule is CC(C)OC(=O)c1cc(S(N)(=O)=O)c(Br)cc1Cl. The van der Waals surface area contributed by atoms with Crippen LogP contribution in [0.25, 0.3) is 0 Å². The van der Waals surface area contributed by atoms with E-state index >= 15 is 0 Å². The molecule has 0 heterocycles. The van der Waals surface area contributed by atoms with Crippen molar-refractivity contribution in [2.24, 2.45) is 5.14 Å². The van der Waals surface area contributed by atoms with E-state index in [1.807, 2.05) is 0 Å². The number of hydrogen-bond donors (Lipinski definition) is 1. The van der Waals surface area contributed by atoms with Crippen LogP contribution in [0.4, 0.5) is 0 Å². The van der Waals surface area contributed by atoms with Gasteiger partial charge in [0.25, 0.3) is 0 Å². The summed E-state index contributed by atoms with van der Waals surface area (Å²) in [5, 5.41) is 5.11. The van der Waals surface area contributed by atoms with E-state index in [1.165, 1.54) is 6.07 Å². The first-order chi connectivity index (χ1) is 8.12. The van der Waals surface area contributed by atoms with Crippen molar-refractivity contribution in [1.29, 1.82) is 0 Å². The molecule has 0 saturated carbocycles. The van der Waals surface area contributed by atoms with Crippen LogP contribution in [0.3, 0.4) is 0 Å². The minimum Gasteiger partial charge on any atom is -0.459 e. The number of esters is 1. The van der Waals surface area contributed by atoms with E-state index in [-0.39, 0.29) is 26.1 Å². The predicted molar refractivity (Wildman–Crippen MR) is 71.1 cm³/mol. The summed E-state index contributed by atoms with van der Waals surface area (Å²) in [4.78, 5) is 11.5. The molecule has 0 bridgehead atoms. The topological polar surface area (TPSA) is 86.5 Å². The Morgan fingerprint density at radius 1 is 1.44 bits per heavy atom. The van der Waals surface area contributed by atoms with Crippen LogP contribution < -0.4 is 5.14 Å². The zero-order valence-electron chi connectivity index (χ0n) is 9.61. The lowest BCUT2D eigenvalue weighted by molar-refractivity contribution is 0.0378. The van der Waals surface area contributed by atoms with Crippen LogP contribution in [0.1, 0.15) is 24.2 Å². The third-order valence-corrected chi connectivity index (χ3v) is 4.07. The van der Waals surface area contributed by atoms with Crippen molar-refractivity contribution in [3.63, 3.8) is 0 Å². The fourth-order valence-corrected chi connectivity index (χ4v) is 3.19. The summed E-state index contributed by atoms with van der Waals surface area (Å²) in [6.07, 6.45) is -0.338. The zero-order chi connectivity index (χ0) is 14.1. The second kappa shape index (κ2) is 5.56. The summed E-state index contributed by atoms with van der Waals surface area (Å²) < 4.78 is 27.8. The first-order valence-corrected chi connectivity index (χ1v) is 7.57. The van der Waals surface area contributed by atoms with Gasteiger partial charge in [0.05, 0.1) is 21.6 Å². The Balaban J connectivity index is 3.34. The minimum absolute atomic E-state index is 0.0439. The maximum atomic E-state index is 11.7. The molecule has 0 aromatic heterocycles. The van der Waals surface area contributed by atoms with Gasteiger partial charge in [0, 0.05) is 4.47 Å². The Hall–Kier alpha value is -0.630. The molecule has 0 aliphatic heterocycles. The molecular weight excluding hydrogens is 346 g/mol. The molecule has 8 heteroatoms. The second-order valence-corrected chi connectivity index (χ2v) is 6.55. The van der Waals surface area contributed by atoms with Crippen molar-refractivity contribution in [1.82, 2.24) is 0 Å². The molecule has 0 atom stereocenters. The predicted octanol–water partition coefficient (Wildman–Crippen LogP) is 2.32. The Morgan fingerprint density at radius 3 is 2.44 bits per heavy atom. The van der Waals surface area contributed by atoms with E-state index in [0.717, 1.165) is 6.07 Å². The summed E-state index contributed by atoms with van der Waals surface area (Å²) in [5.41, 5.74) is -0.0439. The van der Waals surface area contributed by atoms with Gasteiger partial charge in [-0.3, -0.25) is 0 Å². The maximum Gasteiger partial charge on any atom is 0.339 e. The highest BCUT2D eigenvalue weighted by atomic mass is 79.9. The van der Waals surface area contributed by atoms with Gasteiger partial charge in [0.2, 0.25) is 10.0 Å². The zero-order valence-corrected chi connectivity index (χ0v) is 12.8. The number of benzene rings is 1. The maximum absolute atomic E-state index is 11.7. The standard InChI is InChI=1S/C10H11BrClNO4S/c1-5(2)17-10(14)6-3-9(18(13,15)16)7(11)4-8(6)12/h3-5H,1-2H3,(H2,13,15,16). The molecule has 1 aromatic carbocycles. The van der Waals surface area contributed by atoms with Crippen LogP contribution in [0.2, 0.25) is 5.02 Å². The van der Waals surface area contributed by atoms with Crippen molar-refractivity contribution >= 4 is 43.5 Å². The normalized spacial score (nSPS) is 11.7. The van der Waals surface area contributed by atoms with E-state index < -0.39 is 16.0 Å². The van der Waals surface area contributed by atoms with E-state index in [4.69, 9.17) is 21.5 Å². The fourth-order valence-electron chi connectivity index (χ4n) is 1.18. The van der Waals surface area contributed by atoms with Gasteiger partial charge in [-0.25, -0.2) is 18.4 Å². The molecule has 0 radical (unpaired) electrons. The van der Waals surface area contributed by atoms with Crippen molar-refractivity contribution in [3.05, 3.63) is 27.2 Å². The molecule has 0 unspecified atom stereocenters. The average molecular weight is 357 g/mol. The smallest absolute Gasteiger partial charge is 0.339 e. The Kier molecular flexibility index (Phi) is 4.77. The lowest BCUT2D eigenvalue weighted by Crippen LogP contribution is -2.16. The number of nitrogens with two attached hydrogens (primary N) is 1. The first-order valence-electron chi connectivity index (χ1n) is 4.85. The molecule has 0 amide bonds. The summed E-state index contributed by atoms with van der Waals surface area (Å²) >= 11 is 8.88. The molecule has 0 aliphatic carbocycles. The van der Waals surface area contributed by atoms with Crippen molar-refractivity contribution in [2.45, 2.75) is 24.8 Å². The number of ether oxygens (including phenoxy) is 1. The first kappa shape index (κ1) is 15.4. The largest absolute Gasteiger partial charge is 0.459 e. The van der Waals surface area contributed by atoms with Gasteiger partial charge in [0.1, 0.15) is 0 Å². The molecule has 0 fully saturated rings. The molecule has 1 aromatic rings. The molecule has 18 heavy (non-hydrogen) atoms. The monoisotopic (exact) mass is 355 g/mol. The highest BCUT2D eigenvalue weighted by Gasteiger charge is 2.20. The highest BCUT2D eigenvalue weighted by Crippen LogP contribution is 2.29. The Morgan fingerprint density at radius 2 is 2.00 bits per heavy atom. The fraction of sp³-hybridized carbons (Fsp3) is 0.300. The van der Waals surface area contributed by atoms with E-state index in [0.29, 0.717) is 0 Å². The number of rotatable bonds is 3. The lowest BCUT2D eigenvalue weighted by Gasteiger charge is -2.11. The van der Waals surface area contributed by atoms with E-state index in [2.05, 4.69) is 15.9 Å². The molecule has 2 N–H and O–H groups in total. The van der Waals surface area contributed by atoms with Crippen molar-refractivity contribution in [3.8, 4) is 0 Å². The van der Waals surface area contributed by atoms with Gasteiger partial charge < -0.3 is 4.74 Å². The number of hydrogen-bond acceptors (Lipinski definition) is 4. The molecule has 5 nitrogen and oxygen atoms in total. The molecule has 0 aliphatic rings. The van der Waals surface area contributed by atoms with Crippen molar-refractivity contribution in [2.75, 3.05) is 0 Å². The highest BCUT2D eigenvalue weighted by molar-refractivity contribution is 9.10. The van der Waals surface area contributed by atoms with Crippen LogP contribution in [-0.2, 0) is 14.8 Å². The molecule has 100 valence electrons. The summed E-state index contributed by atoms with van der Waals surface area (Å²) in [5.74, 6) is -0.701. The Bertz CT molecular complexity index is 586. The quantitative estimate of drug-likeness (QED) is 0.842. The summed E-state index contributed by atoms with van der Waals surface area (Å²) in [6.45, 7) is 3.34. The average Bonchev–Trinajstić information content (AvgIpc) is 2.13. The lowest BCUT2D eigenvalue weighted by atomic mass is 10.2. The van der Waals surface area contributed by atoms with Gasteiger partial charge in [0.15, 0.2) is 0 Å². The van der Waals surface area contributed by atoms with Crippen LogP contribution in [0.5, 0.6) is 0 Å². The third kappa shape index (κ3) is 3.68. The minimum atomic E-state index is -3.95. The van der Waals surface area contributed by atoms with Gasteiger partial charge in [-0.2, -0.15) is 0 Å². The summed E-state index contributed by atoms with van der Waals surface area (Å²) in [6, 6.07) is 2.38. The number of sulfonamides is 1. The van der Waals surface area contributed by atoms with Crippen molar-refractivity contribution < 1.29 is 17.9 Å². The van der Waals surface area contributed by atoms with Gasteiger partial charge in [-0.15, -0.1) is 0 Å². The molecule has 0 saturated heterocycles. The van der Waals surface area contributed by atoms with Gasteiger partial charge in [-0.05, 0) is 41.9 Å². The van der Waals surface area contributed by atoms with Crippen LogP contribution in [0, 0.1) is 0 Å². The van der Waals surface area contributed by atoms with E-state index in [1.54, 1.807) is 13.8 Å². The van der Waals surface area contributed by atoms with Crippen LogP contribution in [-0.4, -0.2) is 20.5 Å². The summed E-state index contributed by atoms with van der Waals surface area (Å²) in [7, 11) is -3.95. The number of halogens is 2. The molecule has 0 spiro atoms. The number of carbonyl (C=O) groups excluding carboxylic acids is 1. The number of carbonyl (C=O) groups is 1. The Labute approximate surface area is 118 Å². The van der Waals surface area contributed by atoms with Crippen LogP contribution in [0.15, 0.2) is 21.5 Å². The second-order valence-electron chi connectivity index (χ2n) is 3.76.